The molecule has 0 spiro atoms. The van der Waals surface area contributed by atoms with Gasteiger partial charge in [0.05, 0.1) is 150 Å². The molecule has 1 aliphatic heterocycles. The second-order valence-corrected chi connectivity index (χ2v) is 16.0. The van der Waals surface area contributed by atoms with Crippen LogP contribution in [0.1, 0.15) is 52.8 Å². The summed E-state index contributed by atoms with van der Waals surface area (Å²) in [5, 5.41) is 1.06. The van der Waals surface area contributed by atoms with Gasteiger partial charge in [-0.2, -0.15) is 0 Å². The number of nitrogens with one attached hydrogen (secondary N) is 1. The monoisotopic (exact) mass is 893 g/mol. The van der Waals surface area contributed by atoms with Crippen LogP contribution in [-0.4, -0.2) is 196 Å². The summed E-state index contributed by atoms with van der Waals surface area (Å²) in [5.74, 6) is 1.18. The largest absolute Gasteiger partial charge is 0.460 e. The summed E-state index contributed by atoms with van der Waals surface area (Å²) in [7, 11) is 0. The number of unbranched alkanes of at least 4 members (excludes halogenated alkanes) is 1. The number of aromatic amines is 1. The number of hydrogen-bond donors (Lipinski definition) is 2. The zero-order chi connectivity index (χ0) is 44.8. The van der Waals surface area contributed by atoms with Crippen molar-refractivity contribution in [2.45, 2.75) is 59.0 Å². The summed E-state index contributed by atoms with van der Waals surface area (Å²) in [6.07, 6.45) is 3.36. The van der Waals surface area contributed by atoms with Gasteiger partial charge in [-0.1, -0.05) is 13.3 Å². The number of nitrogens with two attached hydrogens (primary N) is 1. The minimum Gasteiger partial charge on any atom is -0.460 e. The van der Waals surface area contributed by atoms with E-state index in [2.05, 4.69) is 39.9 Å². The SMILES string of the molecule is CCCCc1nc2c(N)nc3cc(N4CCN(CCOCCOCCOCCOCCOCCOCCOCCOCCOCCOCCC(=O)OC(C)(C)C)CC4)ccc3c2[nH]1. The van der Waals surface area contributed by atoms with Gasteiger partial charge >= 0.3 is 5.97 Å². The quantitative estimate of drug-likeness (QED) is 0.0622. The predicted octanol–water partition coefficient (Wildman–Crippen LogP) is 4.06. The number of imidazole rings is 1. The highest BCUT2D eigenvalue weighted by atomic mass is 16.6. The summed E-state index contributed by atoms with van der Waals surface area (Å²) < 4.78 is 60.7. The number of carbonyl (C=O) groups excluding carboxylic acids is 1. The van der Waals surface area contributed by atoms with Crippen LogP contribution in [0.4, 0.5) is 11.5 Å². The van der Waals surface area contributed by atoms with Crippen LogP contribution in [0.3, 0.4) is 0 Å². The highest BCUT2D eigenvalue weighted by molar-refractivity contribution is 6.06. The van der Waals surface area contributed by atoms with E-state index in [0.717, 1.165) is 79.7 Å². The average molecular weight is 893 g/mol. The number of ether oxygens (including phenoxy) is 11. The molecule has 3 aromatic rings. The summed E-state index contributed by atoms with van der Waals surface area (Å²) >= 11 is 0. The number of nitrogens with zero attached hydrogens (tertiary/aromatic N) is 4. The zero-order valence-corrected chi connectivity index (χ0v) is 38.5. The van der Waals surface area contributed by atoms with Crippen molar-refractivity contribution in [3.63, 3.8) is 0 Å². The minimum atomic E-state index is -0.478. The van der Waals surface area contributed by atoms with Gasteiger partial charge in [0.25, 0.3) is 0 Å². The number of pyridine rings is 1. The van der Waals surface area contributed by atoms with Crippen LogP contribution in [0.15, 0.2) is 18.2 Å². The van der Waals surface area contributed by atoms with Crippen LogP contribution in [0, 0.1) is 0 Å². The van der Waals surface area contributed by atoms with Crippen LogP contribution >= 0.6 is 0 Å². The molecule has 0 aliphatic carbocycles. The number of nitrogen functional groups attached to an aromatic ring is 1. The Balaban J connectivity index is 0.829. The summed E-state index contributed by atoms with van der Waals surface area (Å²) in [6, 6.07) is 6.47. The number of aryl methyl sites for hydroxylation is 1. The molecule has 4 rings (SSSR count). The Kier molecular flexibility index (Phi) is 26.2. The van der Waals surface area contributed by atoms with E-state index in [1.807, 2.05) is 20.8 Å². The molecule has 0 radical (unpaired) electrons. The second kappa shape index (κ2) is 31.6. The molecule has 3 N–H and O–H groups in total. The Morgan fingerprint density at radius 2 is 1.11 bits per heavy atom. The highest BCUT2D eigenvalue weighted by Crippen LogP contribution is 2.30. The summed E-state index contributed by atoms with van der Waals surface area (Å²) in [6.45, 7) is 22.3. The summed E-state index contributed by atoms with van der Waals surface area (Å²) in [5.41, 5.74) is 9.65. The number of H-pyrrole nitrogens is 1. The lowest BCUT2D eigenvalue weighted by molar-refractivity contribution is -0.156. The van der Waals surface area contributed by atoms with E-state index in [-0.39, 0.29) is 12.4 Å². The van der Waals surface area contributed by atoms with E-state index in [1.165, 1.54) is 5.69 Å². The molecule has 358 valence electrons. The van der Waals surface area contributed by atoms with Crippen molar-refractivity contribution in [1.82, 2.24) is 19.9 Å². The smallest absolute Gasteiger partial charge is 0.308 e. The number of esters is 1. The van der Waals surface area contributed by atoms with Crippen LogP contribution in [0.25, 0.3) is 21.9 Å². The normalized spacial score (nSPS) is 13.8. The topological polar surface area (TPSA) is 193 Å². The van der Waals surface area contributed by atoms with Crippen LogP contribution in [0.5, 0.6) is 0 Å². The Labute approximate surface area is 373 Å². The Bertz CT molecular complexity index is 1650. The van der Waals surface area contributed by atoms with Crippen molar-refractivity contribution in [2.75, 3.05) is 175 Å². The first-order valence-electron chi connectivity index (χ1n) is 22.8. The van der Waals surface area contributed by atoms with Crippen molar-refractivity contribution in [3.05, 3.63) is 24.0 Å². The van der Waals surface area contributed by atoms with Gasteiger partial charge in [-0.3, -0.25) is 9.69 Å². The number of hydrogen-bond acceptors (Lipinski definition) is 17. The first kappa shape index (κ1) is 52.4. The number of carbonyl (C=O) groups is 1. The van der Waals surface area contributed by atoms with Crippen molar-refractivity contribution in [3.8, 4) is 0 Å². The highest BCUT2D eigenvalue weighted by Gasteiger charge is 2.19. The molecule has 63 heavy (non-hydrogen) atoms. The Morgan fingerprint density at radius 1 is 0.651 bits per heavy atom. The molecule has 1 saturated heterocycles. The molecule has 0 saturated carbocycles. The van der Waals surface area contributed by atoms with E-state index < -0.39 is 5.60 Å². The van der Waals surface area contributed by atoms with E-state index >= 15 is 0 Å². The van der Waals surface area contributed by atoms with Gasteiger partial charge in [0.15, 0.2) is 5.82 Å². The summed E-state index contributed by atoms with van der Waals surface area (Å²) in [4.78, 5) is 29.4. The number of benzene rings is 1. The lowest BCUT2D eigenvalue weighted by Crippen LogP contribution is -2.47. The molecule has 3 heterocycles. The minimum absolute atomic E-state index is 0.230. The molecule has 0 atom stereocenters. The lowest BCUT2D eigenvalue weighted by Gasteiger charge is -2.36. The first-order valence-corrected chi connectivity index (χ1v) is 22.8. The predicted molar refractivity (Wildman–Crippen MR) is 242 cm³/mol. The maximum absolute atomic E-state index is 11.6. The molecule has 1 aromatic carbocycles. The van der Waals surface area contributed by atoms with Crippen LogP contribution < -0.4 is 10.6 Å². The van der Waals surface area contributed by atoms with Gasteiger partial charge in [-0.15, -0.1) is 0 Å². The molecular weight excluding hydrogens is 817 g/mol. The number of anilines is 2. The van der Waals surface area contributed by atoms with Crippen molar-refractivity contribution in [1.29, 1.82) is 0 Å². The van der Waals surface area contributed by atoms with Crippen LogP contribution in [-0.2, 0) is 63.3 Å². The van der Waals surface area contributed by atoms with Crippen molar-refractivity contribution in [2.24, 2.45) is 0 Å². The lowest BCUT2D eigenvalue weighted by atomic mass is 10.1. The van der Waals surface area contributed by atoms with Gasteiger partial charge in [-0.25, -0.2) is 9.97 Å². The third-order valence-electron chi connectivity index (χ3n) is 9.76. The van der Waals surface area contributed by atoms with E-state index in [4.69, 9.17) is 67.8 Å². The zero-order valence-electron chi connectivity index (χ0n) is 38.5. The fourth-order valence-electron chi connectivity index (χ4n) is 6.52. The molecule has 18 nitrogen and oxygen atoms in total. The van der Waals surface area contributed by atoms with E-state index in [9.17, 15) is 4.79 Å². The van der Waals surface area contributed by atoms with Gasteiger partial charge in [0, 0.05) is 50.2 Å². The Hall–Kier alpha value is -3.27. The molecule has 1 fully saturated rings. The molecule has 2 aromatic heterocycles. The fraction of sp³-hybridized carbons (Fsp3) is 0.756. The molecule has 18 heteroatoms. The third kappa shape index (κ3) is 22.5. The van der Waals surface area contributed by atoms with Gasteiger partial charge < -0.3 is 67.7 Å². The van der Waals surface area contributed by atoms with Crippen molar-refractivity contribution >= 4 is 39.4 Å². The Morgan fingerprint density at radius 3 is 1.57 bits per heavy atom. The standard InChI is InChI=1S/C45H76N6O12/c1-5-6-7-40-48-42-38-9-8-37(36-39(38)47-44(46)43(42)49-40)51-13-11-50(12-14-51)15-17-54-19-21-56-23-25-58-27-29-60-31-33-62-35-34-61-32-30-59-28-26-57-24-22-55-20-18-53-16-10-41(52)63-45(2,3)4/h8-9,36H,5-7,10-35H2,1-4H3,(H2,46,47)(H,48,49). The molecule has 0 amide bonds. The first-order chi connectivity index (χ1) is 30.7. The maximum Gasteiger partial charge on any atom is 0.308 e. The van der Waals surface area contributed by atoms with Gasteiger partial charge in [0.2, 0.25) is 0 Å². The number of aromatic nitrogens is 3. The molecule has 0 unspecified atom stereocenters. The third-order valence-corrected chi connectivity index (χ3v) is 9.76. The molecule has 1 aliphatic rings. The fourth-order valence-corrected chi connectivity index (χ4v) is 6.52. The van der Waals surface area contributed by atoms with E-state index in [1.54, 1.807) is 0 Å². The number of rotatable bonds is 37. The average Bonchev–Trinajstić information content (AvgIpc) is 3.71. The molecular formula is C45H76N6O12. The van der Waals surface area contributed by atoms with Crippen LogP contribution in [0.2, 0.25) is 0 Å². The van der Waals surface area contributed by atoms with Gasteiger partial charge in [-0.05, 0) is 45.4 Å². The van der Waals surface area contributed by atoms with E-state index in [0.29, 0.717) is 138 Å². The number of fused-ring (bicyclic) bond motifs is 3. The second-order valence-electron chi connectivity index (χ2n) is 16.0. The van der Waals surface area contributed by atoms with Crippen molar-refractivity contribution < 1.29 is 56.9 Å². The molecule has 0 bridgehead atoms. The van der Waals surface area contributed by atoms with Gasteiger partial charge in [0.1, 0.15) is 16.9 Å². The number of piperazine rings is 1. The maximum atomic E-state index is 11.6.